The Morgan fingerprint density at radius 3 is 2.29 bits per heavy atom. The fourth-order valence-corrected chi connectivity index (χ4v) is 5.31. The highest BCUT2D eigenvalue weighted by molar-refractivity contribution is 4.97. The van der Waals surface area contributed by atoms with Crippen LogP contribution in [0.15, 0.2) is 0 Å². The van der Waals surface area contributed by atoms with E-state index in [4.69, 9.17) is 5.73 Å². The van der Waals surface area contributed by atoms with Crippen LogP contribution in [0.25, 0.3) is 0 Å². The summed E-state index contributed by atoms with van der Waals surface area (Å²) in [7, 11) is 4.51. The van der Waals surface area contributed by atoms with E-state index >= 15 is 0 Å². The van der Waals surface area contributed by atoms with Gasteiger partial charge in [0.1, 0.15) is 0 Å². The zero-order valence-electron chi connectivity index (χ0n) is 16.8. The smallest absolute Gasteiger partial charge is 0.0272 e. The second kappa shape index (κ2) is 8.98. The number of hydrogen-bond acceptors (Lipinski definition) is 4. The molecule has 5 atom stereocenters. The lowest BCUT2D eigenvalue weighted by Crippen LogP contribution is -2.58. The molecule has 0 heterocycles. The molecular weight excluding hydrogens is 296 g/mol. The van der Waals surface area contributed by atoms with Crippen molar-refractivity contribution in [2.75, 3.05) is 20.6 Å². The van der Waals surface area contributed by atoms with Gasteiger partial charge in [0.2, 0.25) is 0 Å². The molecule has 2 aliphatic carbocycles. The molecule has 4 heteroatoms. The third kappa shape index (κ3) is 5.42. The maximum absolute atomic E-state index is 6.38. The zero-order chi connectivity index (χ0) is 17.7. The zero-order valence-corrected chi connectivity index (χ0v) is 16.8. The SMILES string of the molecule is CCN[C@H]1CCCC(CC(C)(C)N[C@H]2CCCC[C@@H]2N)[C@@H]1N(C)C. The van der Waals surface area contributed by atoms with Crippen LogP contribution >= 0.6 is 0 Å². The van der Waals surface area contributed by atoms with Gasteiger partial charge >= 0.3 is 0 Å². The first-order valence-corrected chi connectivity index (χ1v) is 10.3. The van der Waals surface area contributed by atoms with E-state index in [1.165, 1.54) is 51.4 Å². The van der Waals surface area contributed by atoms with E-state index in [1.807, 2.05) is 0 Å². The Bertz CT molecular complexity index is 367. The number of likely N-dealkylation sites (N-methyl/N-ethyl adjacent to an activating group) is 2. The number of nitrogens with two attached hydrogens (primary N) is 1. The molecule has 0 aliphatic heterocycles. The normalized spacial score (nSPS) is 35.4. The van der Waals surface area contributed by atoms with E-state index in [0.717, 1.165) is 12.5 Å². The lowest BCUT2D eigenvalue weighted by atomic mass is 9.74. The van der Waals surface area contributed by atoms with Gasteiger partial charge in [0, 0.05) is 29.7 Å². The number of nitrogens with zero attached hydrogens (tertiary/aromatic N) is 1. The van der Waals surface area contributed by atoms with Crippen LogP contribution in [0.1, 0.15) is 72.1 Å². The maximum Gasteiger partial charge on any atom is 0.0272 e. The molecule has 2 rings (SSSR count). The Hall–Kier alpha value is -0.160. The molecule has 142 valence electrons. The van der Waals surface area contributed by atoms with Crippen LogP contribution in [-0.2, 0) is 0 Å². The molecule has 0 saturated heterocycles. The fraction of sp³-hybridized carbons (Fsp3) is 1.00. The highest BCUT2D eigenvalue weighted by atomic mass is 15.2. The highest BCUT2D eigenvalue weighted by Gasteiger charge is 2.38. The molecule has 0 aromatic heterocycles. The summed E-state index contributed by atoms with van der Waals surface area (Å²) in [4.78, 5) is 2.46. The molecule has 4 nitrogen and oxygen atoms in total. The average molecular weight is 339 g/mol. The van der Waals surface area contributed by atoms with Gasteiger partial charge in [-0.25, -0.2) is 0 Å². The standard InChI is InChI=1S/C20H42N4/c1-6-22-18-13-9-10-15(19(18)24(4)5)14-20(2,3)23-17-12-8-7-11-16(17)21/h15-19,22-23H,6-14,21H2,1-5H3/t15?,16-,17-,18-,19-/m0/s1. The number of rotatable bonds is 7. The van der Waals surface area contributed by atoms with Crippen molar-refractivity contribution in [3.8, 4) is 0 Å². The van der Waals surface area contributed by atoms with Crippen LogP contribution in [-0.4, -0.2) is 55.2 Å². The lowest BCUT2D eigenvalue weighted by Gasteiger charge is -2.46. The van der Waals surface area contributed by atoms with E-state index in [2.05, 4.69) is 50.4 Å². The maximum atomic E-state index is 6.38. The molecule has 1 unspecified atom stereocenters. The van der Waals surface area contributed by atoms with E-state index in [-0.39, 0.29) is 5.54 Å². The third-order valence-corrected chi connectivity index (χ3v) is 6.22. The van der Waals surface area contributed by atoms with Gasteiger partial charge < -0.3 is 21.3 Å². The molecule has 0 bridgehead atoms. The van der Waals surface area contributed by atoms with Crippen LogP contribution in [0.4, 0.5) is 0 Å². The summed E-state index contributed by atoms with van der Waals surface area (Å²) in [5.41, 5.74) is 6.54. The predicted octanol–water partition coefficient (Wildman–Crippen LogP) is 2.72. The fourth-order valence-electron chi connectivity index (χ4n) is 5.31. The van der Waals surface area contributed by atoms with Gasteiger partial charge in [-0.05, 0) is 72.5 Å². The molecule has 0 amide bonds. The molecule has 24 heavy (non-hydrogen) atoms. The molecule has 0 radical (unpaired) electrons. The monoisotopic (exact) mass is 338 g/mol. The topological polar surface area (TPSA) is 53.3 Å². The molecule has 2 fully saturated rings. The van der Waals surface area contributed by atoms with Crippen molar-refractivity contribution in [2.45, 2.75) is 102 Å². The van der Waals surface area contributed by atoms with Gasteiger partial charge in [0.25, 0.3) is 0 Å². The predicted molar refractivity (Wildman–Crippen MR) is 104 cm³/mol. The molecule has 0 aromatic rings. The summed E-state index contributed by atoms with van der Waals surface area (Å²) in [6, 6.07) is 2.11. The van der Waals surface area contributed by atoms with E-state index in [1.54, 1.807) is 0 Å². The Balaban J connectivity index is 1.99. The Kier molecular flexibility index (Phi) is 7.54. The van der Waals surface area contributed by atoms with Gasteiger partial charge in [-0.3, -0.25) is 0 Å². The van der Waals surface area contributed by atoms with Crippen molar-refractivity contribution in [3.63, 3.8) is 0 Å². The van der Waals surface area contributed by atoms with Crippen LogP contribution < -0.4 is 16.4 Å². The van der Waals surface area contributed by atoms with Crippen LogP contribution in [0.5, 0.6) is 0 Å². The second-order valence-corrected chi connectivity index (χ2v) is 9.10. The second-order valence-electron chi connectivity index (χ2n) is 9.10. The van der Waals surface area contributed by atoms with Gasteiger partial charge in [0.05, 0.1) is 0 Å². The van der Waals surface area contributed by atoms with Gasteiger partial charge in [-0.15, -0.1) is 0 Å². The van der Waals surface area contributed by atoms with E-state index in [9.17, 15) is 0 Å². The summed E-state index contributed by atoms with van der Waals surface area (Å²) in [5.74, 6) is 0.750. The molecule has 2 aliphatic rings. The minimum atomic E-state index is 0.159. The van der Waals surface area contributed by atoms with Gasteiger partial charge in [0.15, 0.2) is 0 Å². The Morgan fingerprint density at radius 2 is 1.67 bits per heavy atom. The van der Waals surface area contributed by atoms with Crippen LogP contribution in [0.2, 0.25) is 0 Å². The van der Waals surface area contributed by atoms with E-state index < -0.39 is 0 Å². The molecule has 2 saturated carbocycles. The van der Waals surface area contributed by atoms with Gasteiger partial charge in [-0.2, -0.15) is 0 Å². The first-order valence-electron chi connectivity index (χ1n) is 10.3. The Labute approximate surface area is 150 Å². The van der Waals surface area contributed by atoms with Crippen LogP contribution in [0, 0.1) is 5.92 Å². The minimum Gasteiger partial charge on any atom is -0.326 e. The van der Waals surface area contributed by atoms with Gasteiger partial charge in [-0.1, -0.05) is 26.2 Å². The van der Waals surface area contributed by atoms with Crippen molar-refractivity contribution in [3.05, 3.63) is 0 Å². The highest BCUT2D eigenvalue weighted by Crippen LogP contribution is 2.34. The Morgan fingerprint density at radius 1 is 1.00 bits per heavy atom. The first-order chi connectivity index (χ1) is 11.3. The summed E-state index contributed by atoms with van der Waals surface area (Å²) in [6.07, 6.45) is 10.3. The number of hydrogen-bond donors (Lipinski definition) is 3. The summed E-state index contributed by atoms with van der Waals surface area (Å²) in [6.45, 7) is 8.07. The van der Waals surface area contributed by atoms with Crippen molar-refractivity contribution in [2.24, 2.45) is 11.7 Å². The van der Waals surface area contributed by atoms with Crippen molar-refractivity contribution in [1.29, 1.82) is 0 Å². The van der Waals surface area contributed by atoms with Crippen LogP contribution in [0.3, 0.4) is 0 Å². The van der Waals surface area contributed by atoms with E-state index in [0.29, 0.717) is 24.2 Å². The van der Waals surface area contributed by atoms with Crippen molar-refractivity contribution < 1.29 is 0 Å². The minimum absolute atomic E-state index is 0.159. The summed E-state index contributed by atoms with van der Waals surface area (Å²) in [5, 5.41) is 7.67. The quantitative estimate of drug-likeness (QED) is 0.668. The molecule has 0 aromatic carbocycles. The van der Waals surface area contributed by atoms with Crippen molar-refractivity contribution >= 4 is 0 Å². The summed E-state index contributed by atoms with van der Waals surface area (Å²) < 4.78 is 0. The number of nitrogens with one attached hydrogen (secondary N) is 2. The molecule has 4 N–H and O–H groups in total. The lowest BCUT2D eigenvalue weighted by molar-refractivity contribution is 0.0865. The largest absolute Gasteiger partial charge is 0.326 e. The average Bonchev–Trinajstić information content (AvgIpc) is 2.49. The first kappa shape index (κ1) is 20.2. The molecule has 0 spiro atoms. The molecular formula is C20H42N4. The van der Waals surface area contributed by atoms with Crippen molar-refractivity contribution in [1.82, 2.24) is 15.5 Å². The third-order valence-electron chi connectivity index (χ3n) is 6.22. The summed E-state index contributed by atoms with van der Waals surface area (Å²) >= 11 is 0.